The van der Waals surface area contributed by atoms with Crippen molar-refractivity contribution >= 4 is 22.4 Å². The van der Waals surface area contributed by atoms with Gasteiger partial charge in [0, 0.05) is 11.8 Å². The van der Waals surface area contributed by atoms with Crippen molar-refractivity contribution in [3.8, 4) is 27.7 Å². The first-order chi connectivity index (χ1) is 11.3. The largest absolute Gasteiger partial charge is 0.497 e. The lowest BCUT2D eigenvalue weighted by molar-refractivity contribution is 0.415. The molecule has 0 aliphatic heterocycles. The standard InChI is InChI=1S/C18H13N3OS/c1-22-13-6-2-5-12(11-13)16-17-14(7-3-9-19-17)20-18(21-16)15-8-4-10-23-15/h2-11H,1H3. The lowest BCUT2D eigenvalue weighted by Crippen LogP contribution is -1.96. The van der Waals surface area contributed by atoms with Crippen LogP contribution in [0.4, 0.5) is 0 Å². The number of pyridine rings is 1. The van der Waals surface area contributed by atoms with Gasteiger partial charge in [0.15, 0.2) is 5.82 Å². The number of rotatable bonds is 3. The van der Waals surface area contributed by atoms with Crippen molar-refractivity contribution < 1.29 is 4.74 Å². The summed E-state index contributed by atoms with van der Waals surface area (Å²) in [6, 6.07) is 15.7. The maximum Gasteiger partial charge on any atom is 0.170 e. The Kier molecular flexibility index (Phi) is 3.48. The number of thiophene rings is 1. The minimum Gasteiger partial charge on any atom is -0.497 e. The van der Waals surface area contributed by atoms with Crippen LogP contribution in [0.1, 0.15) is 0 Å². The Morgan fingerprint density at radius 1 is 1.00 bits per heavy atom. The molecule has 0 radical (unpaired) electrons. The van der Waals surface area contributed by atoms with E-state index in [1.165, 1.54) is 0 Å². The van der Waals surface area contributed by atoms with Crippen LogP contribution in [0.5, 0.6) is 5.75 Å². The van der Waals surface area contributed by atoms with Crippen LogP contribution in [0.25, 0.3) is 33.0 Å². The van der Waals surface area contributed by atoms with E-state index in [-0.39, 0.29) is 0 Å². The van der Waals surface area contributed by atoms with E-state index in [0.29, 0.717) is 0 Å². The number of fused-ring (bicyclic) bond motifs is 1. The first kappa shape index (κ1) is 13.8. The Balaban J connectivity index is 2.00. The Hall–Kier alpha value is -2.79. The van der Waals surface area contributed by atoms with Crippen molar-refractivity contribution in [2.75, 3.05) is 7.11 Å². The fourth-order valence-corrected chi connectivity index (χ4v) is 3.11. The summed E-state index contributed by atoms with van der Waals surface area (Å²) < 4.78 is 5.33. The molecule has 1 aromatic carbocycles. The molecule has 0 amide bonds. The normalized spacial score (nSPS) is 10.8. The van der Waals surface area contributed by atoms with Crippen molar-refractivity contribution in [1.82, 2.24) is 15.0 Å². The van der Waals surface area contributed by atoms with Crippen LogP contribution >= 0.6 is 11.3 Å². The van der Waals surface area contributed by atoms with Crippen LogP contribution in [-0.4, -0.2) is 22.1 Å². The van der Waals surface area contributed by atoms with E-state index in [1.54, 1.807) is 24.6 Å². The van der Waals surface area contributed by atoms with Crippen LogP contribution in [0.2, 0.25) is 0 Å². The molecule has 4 rings (SSSR count). The highest BCUT2D eigenvalue weighted by molar-refractivity contribution is 7.13. The van der Waals surface area contributed by atoms with Gasteiger partial charge in [-0.2, -0.15) is 0 Å². The summed E-state index contributed by atoms with van der Waals surface area (Å²) in [6.07, 6.45) is 1.76. The molecule has 0 N–H and O–H groups in total. The van der Waals surface area contributed by atoms with Crippen LogP contribution in [-0.2, 0) is 0 Å². The van der Waals surface area contributed by atoms with Crippen LogP contribution in [0.15, 0.2) is 60.1 Å². The molecule has 0 bridgehead atoms. The van der Waals surface area contributed by atoms with Crippen molar-refractivity contribution in [1.29, 1.82) is 0 Å². The molecule has 0 spiro atoms. The van der Waals surface area contributed by atoms with E-state index in [4.69, 9.17) is 9.72 Å². The molecule has 0 saturated carbocycles. The topological polar surface area (TPSA) is 47.9 Å². The molecular formula is C18H13N3OS. The SMILES string of the molecule is COc1cccc(-c2nc(-c3cccs3)nc3cccnc23)c1. The van der Waals surface area contributed by atoms with Gasteiger partial charge in [0.25, 0.3) is 0 Å². The van der Waals surface area contributed by atoms with Gasteiger partial charge in [-0.25, -0.2) is 9.97 Å². The third-order valence-corrected chi connectivity index (χ3v) is 4.41. The first-order valence-corrected chi connectivity index (χ1v) is 8.04. The third kappa shape index (κ3) is 2.55. The predicted molar refractivity (Wildman–Crippen MR) is 92.6 cm³/mol. The fraction of sp³-hybridized carbons (Fsp3) is 0.0556. The van der Waals surface area contributed by atoms with Gasteiger partial charge in [0.1, 0.15) is 17.0 Å². The first-order valence-electron chi connectivity index (χ1n) is 7.16. The summed E-state index contributed by atoms with van der Waals surface area (Å²) in [5, 5.41) is 2.03. The minimum absolute atomic E-state index is 0.721. The number of hydrogen-bond acceptors (Lipinski definition) is 5. The summed E-state index contributed by atoms with van der Waals surface area (Å²) in [4.78, 5) is 14.9. The molecule has 5 heteroatoms. The summed E-state index contributed by atoms with van der Waals surface area (Å²) in [6.45, 7) is 0. The van der Waals surface area contributed by atoms with Crippen LogP contribution in [0, 0.1) is 0 Å². The molecule has 0 aliphatic rings. The molecule has 112 valence electrons. The molecular weight excluding hydrogens is 306 g/mol. The summed E-state index contributed by atoms with van der Waals surface area (Å²) in [5.74, 6) is 1.51. The van der Waals surface area contributed by atoms with Gasteiger partial charge in [0.2, 0.25) is 0 Å². The minimum atomic E-state index is 0.721. The zero-order chi connectivity index (χ0) is 15.6. The fourth-order valence-electron chi connectivity index (χ4n) is 2.46. The Bertz CT molecular complexity index is 967. The van der Waals surface area contributed by atoms with Gasteiger partial charge < -0.3 is 4.74 Å². The van der Waals surface area contributed by atoms with Crippen LogP contribution < -0.4 is 4.74 Å². The van der Waals surface area contributed by atoms with Crippen molar-refractivity contribution in [2.45, 2.75) is 0 Å². The smallest absolute Gasteiger partial charge is 0.170 e. The maximum absolute atomic E-state index is 5.33. The highest BCUT2D eigenvalue weighted by atomic mass is 32.1. The molecule has 0 aliphatic carbocycles. The van der Waals surface area contributed by atoms with Gasteiger partial charge in [0.05, 0.1) is 17.5 Å². The molecule has 4 nitrogen and oxygen atoms in total. The zero-order valence-electron chi connectivity index (χ0n) is 12.4. The Morgan fingerprint density at radius 3 is 2.78 bits per heavy atom. The van der Waals surface area contributed by atoms with E-state index in [9.17, 15) is 0 Å². The van der Waals surface area contributed by atoms with Crippen molar-refractivity contribution in [2.24, 2.45) is 0 Å². The average Bonchev–Trinajstić information content (AvgIpc) is 3.15. The molecule has 0 saturated heterocycles. The quantitative estimate of drug-likeness (QED) is 0.560. The number of ether oxygens (including phenoxy) is 1. The zero-order valence-corrected chi connectivity index (χ0v) is 13.2. The third-order valence-electron chi connectivity index (χ3n) is 3.54. The highest BCUT2D eigenvalue weighted by Crippen LogP contribution is 2.30. The molecule has 4 aromatic rings. The summed E-state index contributed by atoms with van der Waals surface area (Å²) in [7, 11) is 1.66. The van der Waals surface area contributed by atoms with E-state index < -0.39 is 0 Å². The predicted octanol–water partition coefficient (Wildman–Crippen LogP) is 4.43. The molecule has 3 heterocycles. The van der Waals surface area contributed by atoms with E-state index in [0.717, 1.165) is 38.7 Å². The van der Waals surface area contributed by atoms with Gasteiger partial charge >= 0.3 is 0 Å². The molecule has 0 fully saturated rings. The number of aromatic nitrogens is 3. The number of nitrogens with zero attached hydrogens (tertiary/aromatic N) is 3. The molecule has 0 unspecified atom stereocenters. The summed E-state index contributed by atoms with van der Waals surface area (Å²) >= 11 is 1.63. The summed E-state index contributed by atoms with van der Waals surface area (Å²) in [5.41, 5.74) is 3.41. The van der Waals surface area contributed by atoms with Crippen LogP contribution in [0.3, 0.4) is 0 Å². The Morgan fingerprint density at radius 2 is 1.96 bits per heavy atom. The second kappa shape index (κ2) is 5.78. The highest BCUT2D eigenvalue weighted by Gasteiger charge is 2.13. The van der Waals surface area contributed by atoms with Gasteiger partial charge in [-0.05, 0) is 35.7 Å². The van der Waals surface area contributed by atoms with Crippen molar-refractivity contribution in [3.63, 3.8) is 0 Å². The van der Waals surface area contributed by atoms with Gasteiger partial charge in [-0.1, -0.05) is 18.2 Å². The van der Waals surface area contributed by atoms with E-state index >= 15 is 0 Å². The monoisotopic (exact) mass is 319 g/mol. The second-order valence-corrected chi connectivity index (χ2v) is 5.92. The molecule has 3 aromatic heterocycles. The molecule has 0 atom stereocenters. The second-order valence-electron chi connectivity index (χ2n) is 4.98. The van der Waals surface area contributed by atoms with Crippen molar-refractivity contribution in [3.05, 3.63) is 60.1 Å². The van der Waals surface area contributed by atoms with E-state index in [1.807, 2.05) is 53.9 Å². The lowest BCUT2D eigenvalue weighted by atomic mass is 10.1. The van der Waals surface area contributed by atoms with E-state index in [2.05, 4.69) is 9.97 Å². The van der Waals surface area contributed by atoms with Gasteiger partial charge in [-0.3, -0.25) is 4.98 Å². The van der Waals surface area contributed by atoms with Gasteiger partial charge in [-0.15, -0.1) is 11.3 Å². The Labute approximate surface area is 137 Å². The maximum atomic E-state index is 5.33. The number of hydrogen-bond donors (Lipinski definition) is 0. The lowest BCUT2D eigenvalue weighted by Gasteiger charge is -2.08. The molecule has 23 heavy (non-hydrogen) atoms. The number of benzene rings is 1. The number of methoxy groups -OCH3 is 1. The average molecular weight is 319 g/mol.